The third-order valence-electron chi connectivity index (χ3n) is 5.02. The van der Waals surface area contributed by atoms with E-state index in [2.05, 4.69) is 38.0 Å². The average molecular weight is 486 g/mol. The molecule has 34 heavy (non-hydrogen) atoms. The molecule has 0 radical (unpaired) electrons. The van der Waals surface area contributed by atoms with Crippen LogP contribution in [0.4, 0.5) is 19.1 Å². The highest BCUT2D eigenvalue weighted by Gasteiger charge is 2.30. The molecule has 0 fully saturated rings. The Labute approximate surface area is 199 Å². The van der Waals surface area contributed by atoms with Crippen molar-refractivity contribution >= 4 is 17.9 Å². The number of fused-ring (bicyclic) bond motifs is 1. The van der Waals surface area contributed by atoms with Gasteiger partial charge < -0.3 is 4.74 Å². The summed E-state index contributed by atoms with van der Waals surface area (Å²) in [6, 6.07) is 15.0. The number of nitrogens with zero attached hydrogens (tertiary/aromatic N) is 4. The highest BCUT2D eigenvalue weighted by atomic mass is 32.2. The van der Waals surface area contributed by atoms with E-state index in [1.807, 2.05) is 0 Å². The zero-order chi connectivity index (χ0) is 24.0. The molecule has 2 aromatic heterocycles. The van der Waals surface area contributed by atoms with Crippen molar-refractivity contribution in [2.24, 2.45) is 7.05 Å². The Kier molecular flexibility index (Phi) is 7.36. The zero-order valence-corrected chi connectivity index (χ0v) is 19.1. The molecule has 0 aliphatic carbocycles. The quantitative estimate of drug-likeness (QED) is 0.356. The minimum atomic E-state index is -4.31. The minimum Gasteiger partial charge on any atom is -0.493 e. The van der Waals surface area contributed by atoms with E-state index in [1.165, 1.54) is 28.3 Å². The number of hydrogen-bond donors (Lipinski definition) is 1. The molecule has 0 bridgehead atoms. The maximum absolute atomic E-state index is 12.5. The van der Waals surface area contributed by atoms with Gasteiger partial charge in [0.25, 0.3) is 0 Å². The lowest BCUT2D eigenvalue weighted by molar-refractivity contribution is -0.137. The van der Waals surface area contributed by atoms with E-state index in [9.17, 15) is 13.2 Å². The summed E-state index contributed by atoms with van der Waals surface area (Å²) in [6.07, 6.45) is 2.88. The summed E-state index contributed by atoms with van der Waals surface area (Å²) < 4.78 is 47.8. The van der Waals surface area contributed by atoms with Crippen LogP contribution in [0.1, 0.15) is 17.5 Å². The summed E-state index contributed by atoms with van der Waals surface area (Å²) in [6.45, 7) is 0.816. The Bertz CT molecular complexity index is 1230. The van der Waals surface area contributed by atoms with Gasteiger partial charge in [-0.15, -0.1) is 0 Å². The van der Waals surface area contributed by atoms with E-state index < -0.39 is 11.7 Å². The number of anilines is 1. The molecule has 176 valence electrons. The second-order valence-corrected chi connectivity index (χ2v) is 8.30. The molecule has 0 saturated heterocycles. The molecule has 0 amide bonds. The smallest absolute Gasteiger partial charge is 0.416 e. The van der Waals surface area contributed by atoms with Crippen LogP contribution in [0.2, 0.25) is 0 Å². The van der Waals surface area contributed by atoms with Crippen molar-refractivity contribution in [3.63, 3.8) is 0 Å². The van der Waals surface area contributed by atoms with E-state index in [0.29, 0.717) is 17.2 Å². The Morgan fingerprint density at radius 3 is 2.56 bits per heavy atom. The molecule has 0 spiro atoms. The van der Waals surface area contributed by atoms with Crippen molar-refractivity contribution in [1.82, 2.24) is 19.7 Å². The largest absolute Gasteiger partial charge is 0.493 e. The lowest BCUT2D eigenvalue weighted by Gasteiger charge is -2.17. The molecule has 0 atom stereocenters. The van der Waals surface area contributed by atoms with Crippen molar-refractivity contribution in [1.29, 1.82) is 0 Å². The normalized spacial score (nSPS) is 12.7. The molecule has 6 nitrogen and oxygen atoms in total. The fourth-order valence-corrected chi connectivity index (χ4v) is 3.97. The van der Waals surface area contributed by atoms with Gasteiger partial charge in [-0.25, -0.2) is 9.97 Å². The van der Waals surface area contributed by atoms with Gasteiger partial charge in [-0.2, -0.15) is 18.3 Å². The van der Waals surface area contributed by atoms with Crippen LogP contribution in [-0.4, -0.2) is 26.4 Å². The van der Waals surface area contributed by atoms with Crippen molar-refractivity contribution in [2.75, 3.05) is 11.3 Å². The predicted octanol–water partition coefficient (Wildman–Crippen LogP) is 6.03. The maximum atomic E-state index is 12.5. The molecule has 4 aromatic rings. The molecule has 5 rings (SSSR count). The molecule has 0 unspecified atom stereocenters. The Morgan fingerprint density at radius 1 is 1.00 bits per heavy atom. The summed E-state index contributed by atoms with van der Waals surface area (Å²) in [5.41, 5.74) is 1.81. The first-order valence-corrected chi connectivity index (χ1v) is 11.3. The van der Waals surface area contributed by atoms with Gasteiger partial charge in [-0.05, 0) is 66.8 Å². The van der Waals surface area contributed by atoms with Crippen molar-refractivity contribution in [3.8, 4) is 17.0 Å². The standard InChI is InChI=1S/C13H13N3OS.C11H9F3N2/c1-3-10-4-5-11(9-12(10)17-8-1)18-16-13-14-6-2-7-15-13;1-16-10(5-6-15-16)8-3-2-4-9(7-8)11(12,13)14/h2,4-7,9H,1,3,8H2,(H,14,15,16);2-7H,1H3. The first-order chi connectivity index (χ1) is 16.4. The van der Waals surface area contributed by atoms with Gasteiger partial charge in [0.05, 0.1) is 17.9 Å². The van der Waals surface area contributed by atoms with Gasteiger partial charge in [0, 0.05) is 36.1 Å². The highest BCUT2D eigenvalue weighted by molar-refractivity contribution is 8.00. The number of aryl methyl sites for hydroxylation is 2. The predicted molar refractivity (Wildman–Crippen MR) is 125 cm³/mol. The third kappa shape index (κ3) is 6.07. The Morgan fingerprint density at radius 2 is 1.82 bits per heavy atom. The molecule has 2 aromatic carbocycles. The van der Waals surface area contributed by atoms with Gasteiger partial charge >= 0.3 is 6.18 Å². The fourth-order valence-electron chi connectivity index (χ4n) is 3.35. The van der Waals surface area contributed by atoms with E-state index in [0.717, 1.165) is 42.2 Å². The average Bonchev–Trinajstić information content (AvgIpc) is 3.29. The van der Waals surface area contributed by atoms with E-state index in [1.54, 1.807) is 43.8 Å². The second kappa shape index (κ2) is 10.6. The van der Waals surface area contributed by atoms with Crippen molar-refractivity contribution in [2.45, 2.75) is 23.9 Å². The molecule has 1 N–H and O–H groups in total. The topological polar surface area (TPSA) is 64.9 Å². The van der Waals surface area contributed by atoms with Crippen molar-refractivity contribution < 1.29 is 17.9 Å². The van der Waals surface area contributed by atoms with Gasteiger partial charge in [-0.3, -0.25) is 9.40 Å². The van der Waals surface area contributed by atoms with Crippen LogP contribution in [0.15, 0.2) is 78.1 Å². The summed E-state index contributed by atoms with van der Waals surface area (Å²) in [7, 11) is 1.69. The lowest BCUT2D eigenvalue weighted by Crippen LogP contribution is -2.08. The van der Waals surface area contributed by atoms with Gasteiger partial charge in [0.1, 0.15) is 5.75 Å². The Hall–Kier alpha value is -3.53. The number of benzene rings is 2. The molecular weight excluding hydrogens is 463 g/mol. The monoisotopic (exact) mass is 485 g/mol. The van der Waals surface area contributed by atoms with Crippen LogP contribution < -0.4 is 9.46 Å². The number of aromatic nitrogens is 4. The van der Waals surface area contributed by atoms with Crippen LogP contribution in [0, 0.1) is 0 Å². The van der Waals surface area contributed by atoms with Crippen LogP contribution in [0.5, 0.6) is 5.75 Å². The third-order valence-corrected chi connectivity index (χ3v) is 5.79. The molecule has 3 heterocycles. The van der Waals surface area contributed by atoms with E-state index in [4.69, 9.17) is 4.74 Å². The number of halogens is 3. The Balaban J connectivity index is 0.000000162. The fraction of sp³-hybridized carbons (Fsp3) is 0.208. The molecule has 10 heteroatoms. The van der Waals surface area contributed by atoms with Crippen LogP contribution in [-0.2, 0) is 19.6 Å². The molecule has 0 saturated carbocycles. The lowest BCUT2D eigenvalue weighted by atomic mass is 10.1. The summed E-state index contributed by atoms with van der Waals surface area (Å²) >= 11 is 1.49. The minimum absolute atomic E-state index is 0.509. The second-order valence-electron chi connectivity index (χ2n) is 7.42. The van der Waals surface area contributed by atoms with Crippen molar-refractivity contribution in [3.05, 3.63) is 84.3 Å². The number of rotatable bonds is 4. The van der Waals surface area contributed by atoms with Crippen LogP contribution in [0.3, 0.4) is 0 Å². The van der Waals surface area contributed by atoms with Gasteiger partial charge in [0.2, 0.25) is 5.95 Å². The summed E-state index contributed by atoms with van der Waals surface area (Å²) in [5, 5.41) is 3.92. The number of nitrogens with one attached hydrogen (secondary N) is 1. The maximum Gasteiger partial charge on any atom is 0.416 e. The SMILES string of the molecule is Cn1nccc1-c1cccc(C(F)(F)F)c1.c1cnc(NSc2ccc3c(c2)OCCC3)nc1. The summed E-state index contributed by atoms with van der Waals surface area (Å²) in [5.74, 6) is 1.61. The van der Waals surface area contributed by atoms with E-state index >= 15 is 0 Å². The first kappa shape index (κ1) is 23.6. The number of hydrogen-bond acceptors (Lipinski definition) is 6. The van der Waals surface area contributed by atoms with Gasteiger partial charge in [-0.1, -0.05) is 18.2 Å². The number of ether oxygens (including phenoxy) is 1. The molecule has 1 aliphatic heterocycles. The summed E-state index contributed by atoms with van der Waals surface area (Å²) in [4.78, 5) is 9.31. The van der Waals surface area contributed by atoms with Crippen LogP contribution >= 0.6 is 11.9 Å². The zero-order valence-electron chi connectivity index (χ0n) is 18.3. The van der Waals surface area contributed by atoms with E-state index in [-0.39, 0.29) is 0 Å². The first-order valence-electron chi connectivity index (χ1n) is 10.5. The van der Waals surface area contributed by atoms with Crippen LogP contribution in [0.25, 0.3) is 11.3 Å². The van der Waals surface area contributed by atoms with Gasteiger partial charge in [0.15, 0.2) is 0 Å². The molecular formula is C24H22F3N5OS. The highest BCUT2D eigenvalue weighted by Crippen LogP contribution is 2.32. The molecule has 1 aliphatic rings. The number of alkyl halides is 3.